The Morgan fingerprint density at radius 2 is 1.69 bits per heavy atom. The summed E-state index contributed by atoms with van der Waals surface area (Å²) in [6.07, 6.45) is 0. The van der Waals surface area contributed by atoms with E-state index < -0.39 is 18.2 Å². The molecule has 0 N–H and O–H groups in total. The number of rotatable bonds is 9. The van der Waals surface area contributed by atoms with Crippen molar-refractivity contribution in [3.8, 4) is 5.75 Å². The van der Waals surface area contributed by atoms with Crippen molar-refractivity contribution in [3.05, 3.63) is 69.8 Å². The van der Waals surface area contributed by atoms with Gasteiger partial charge in [0.25, 0.3) is 5.69 Å². The highest BCUT2D eigenvalue weighted by Gasteiger charge is 2.41. The van der Waals surface area contributed by atoms with Gasteiger partial charge < -0.3 is 13.8 Å². The van der Waals surface area contributed by atoms with Gasteiger partial charge in [0.1, 0.15) is 11.4 Å². The highest BCUT2D eigenvalue weighted by atomic mass is 31.2. The Kier molecular flexibility index (Phi) is 6.91. The molecule has 2 aromatic rings. The lowest BCUT2D eigenvalue weighted by molar-refractivity contribution is -0.385. The Morgan fingerprint density at radius 3 is 2.19 bits per heavy atom. The highest BCUT2D eigenvalue weighted by Crippen LogP contribution is 2.64. The van der Waals surface area contributed by atoms with E-state index in [2.05, 4.69) is 0 Å². The Morgan fingerprint density at radius 1 is 1.08 bits per heavy atom. The minimum absolute atomic E-state index is 0.151. The van der Waals surface area contributed by atoms with Crippen LogP contribution in [0.1, 0.15) is 30.6 Å². The molecule has 0 aliphatic carbocycles. The summed E-state index contributed by atoms with van der Waals surface area (Å²) >= 11 is 0. The van der Waals surface area contributed by atoms with Gasteiger partial charge in [0.15, 0.2) is 0 Å². The molecule has 1 unspecified atom stereocenters. The second-order valence-electron chi connectivity index (χ2n) is 5.37. The monoisotopic (exact) mass is 379 g/mol. The average Bonchev–Trinajstić information content (AvgIpc) is 2.62. The van der Waals surface area contributed by atoms with E-state index in [9.17, 15) is 14.7 Å². The van der Waals surface area contributed by atoms with Crippen LogP contribution in [0, 0.1) is 10.1 Å². The van der Waals surface area contributed by atoms with E-state index in [1.807, 2.05) is 6.07 Å². The fraction of sp³-hybridized carbons (Fsp3) is 0.333. The first kappa shape index (κ1) is 20.1. The Labute approximate surface area is 152 Å². The standard InChI is InChI=1S/C18H22NO6P/c1-4-24-26(22,25-5-2)18(14-9-7-6-8-10-14)16-13-15(23-3)11-12-17(16)19(20)21/h6-13,18H,4-5H2,1-3H3. The van der Waals surface area contributed by atoms with E-state index >= 15 is 0 Å². The molecule has 0 fully saturated rings. The molecule has 7 nitrogen and oxygen atoms in total. The van der Waals surface area contributed by atoms with Gasteiger partial charge in [0.2, 0.25) is 0 Å². The minimum atomic E-state index is -3.73. The van der Waals surface area contributed by atoms with Crippen LogP contribution in [0.2, 0.25) is 0 Å². The Balaban J connectivity index is 2.76. The maximum Gasteiger partial charge on any atom is 0.342 e. The van der Waals surface area contributed by atoms with Crippen LogP contribution in [0.4, 0.5) is 5.69 Å². The molecule has 2 rings (SSSR count). The van der Waals surface area contributed by atoms with E-state index in [1.165, 1.54) is 25.3 Å². The van der Waals surface area contributed by atoms with E-state index in [0.29, 0.717) is 11.3 Å². The number of hydrogen-bond acceptors (Lipinski definition) is 6. The SMILES string of the molecule is CCOP(=O)(OCC)C(c1ccccc1)c1cc(OC)ccc1[N+](=O)[O-]. The van der Waals surface area contributed by atoms with Gasteiger partial charge in [-0.3, -0.25) is 14.7 Å². The zero-order chi connectivity index (χ0) is 19.2. The summed E-state index contributed by atoms with van der Waals surface area (Å²) in [5.74, 6) is 0.422. The van der Waals surface area contributed by atoms with Crippen molar-refractivity contribution in [1.82, 2.24) is 0 Å². The Bertz CT molecular complexity index is 786. The molecule has 0 saturated carbocycles. The molecule has 1 atom stereocenters. The number of nitrogens with zero attached hydrogens (tertiary/aromatic N) is 1. The minimum Gasteiger partial charge on any atom is -0.497 e. The first-order chi connectivity index (χ1) is 12.5. The molecule has 8 heteroatoms. The van der Waals surface area contributed by atoms with Gasteiger partial charge >= 0.3 is 7.60 Å². The summed E-state index contributed by atoms with van der Waals surface area (Å²) in [6, 6.07) is 13.2. The van der Waals surface area contributed by atoms with Crippen LogP contribution in [0.5, 0.6) is 5.75 Å². The van der Waals surface area contributed by atoms with Gasteiger partial charge in [-0.15, -0.1) is 0 Å². The molecule has 0 aliphatic heterocycles. The highest BCUT2D eigenvalue weighted by molar-refractivity contribution is 7.54. The predicted octanol–water partition coefficient (Wildman–Crippen LogP) is 4.96. The molecular weight excluding hydrogens is 357 g/mol. The van der Waals surface area contributed by atoms with Crippen molar-refractivity contribution < 1.29 is 23.3 Å². The molecule has 0 amide bonds. The molecule has 140 valence electrons. The second-order valence-corrected chi connectivity index (χ2v) is 7.48. The zero-order valence-corrected chi connectivity index (χ0v) is 15.8. The van der Waals surface area contributed by atoms with Gasteiger partial charge in [0, 0.05) is 6.07 Å². The number of ether oxygens (including phenoxy) is 1. The zero-order valence-electron chi connectivity index (χ0n) is 15.0. The van der Waals surface area contributed by atoms with Crippen molar-refractivity contribution in [1.29, 1.82) is 0 Å². The summed E-state index contributed by atoms with van der Waals surface area (Å²) in [5.41, 5.74) is -0.279. The maximum atomic E-state index is 13.6. The molecule has 0 bridgehead atoms. The fourth-order valence-electron chi connectivity index (χ4n) is 2.76. The van der Waals surface area contributed by atoms with Crippen LogP contribution in [-0.4, -0.2) is 25.2 Å². The molecule has 0 saturated heterocycles. The summed E-state index contributed by atoms with van der Waals surface area (Å²) < 4.78 is 29.8. The lowest BCUT2D eigenvalue weighted by Crippen LogP contribution is -2.10. The third-order valence-corrected chi connectivity index (χ3v) is 6.22. The maximum absolute atomic E-state index is 13.6. The average molecular weight is 379 g/mol. The molecule has 26 heavy (non-hydrogen) atoms. The van der Waals surface area contributed by atoms with Gasteiger partial charge in [-0.05, 0) is 31.5 Å². The van der Waals surface area contributed by atoms with Crippen LogP contribution in [0.3, 0.4) is 0 Å². The van der Waals surface area contributed by atoms with Crippen LogP contribution in [-0.2, 0) is 13.6 Å². The number of nitro groups is 1. The molecule has 2 aromatic carbocycles. The first-order valence-electron chi connectivity index (χ1n) is 8.22. The van der Waals surface area contributed by atoms with Crippen LogP contribution < -0.4 is 4.74 Å². The smallest absolute Gasteiger partial charge is 0.342 e. The van der Waals surface area contributed by atoms with E-state index in [4.69, 9.17) is 13.8 Å². The third-order valence-electron chi connectivity index (χ3n) is 3.78. The van der Waals surface area contributed by atoms with Crippen LogP contribution in [0.15, 0.2) is 48.5 Å². The summed E-state index contributed by atoms with van der Waals surface area (Å²) in [5, 5.41) is 11.6. The number of nitro benzene ring substituents is 1. The molecule has 0 spiro atoms. The number of benzene rings is 2. The molecule has 0 aliphatic rings. The summed E-state index contributed by atoms with van der Waals surface area (Å²) in [7, 11) is -2.26. The lowest BCUT2D eigenvalue weighted by Gasteiger charge is -2.27. The summed E-state index contributed by atoms with van der Waals surface area (Å²) in [4.78, 5) is 11.1. The van der Waals surface area contributed by atoms with Gasteiger partial charge in [-0.2, -0.15) is 0 Å². The number of hydrogen-bond donors (Lipinski definition) is 0. The lowest BCUT2D eigenvalue weighted by atomic mass is 10.0. The second kappa shape index (κ2) is 8.94. The molecule has 0 heterocycles. The van der Waals surface area contributed by atoms with Crippen molar-refractivity contribution in [2.24, 2.45) is 0 Å². The normalized spacial score (nSPS) is 12.6. The molecule has 0 aromatic heterocycles. The van der Waals surface area contributed by atoms with Gasteiger partial charge in [-0.1, -0.05) is 30.3 Å². The van der Waals surface area contributed by atoms with E-state index in [1.54, 1.807) is 38.1 Å². The summed E-state index contributed by atoms with van der Waals surface area (Å²) in [6.45, 7) is 3.71. The topological polar surface area (TPSA) is 87.9 Å². The molecule has 0 radical (unpaired) electrons. The quantitative estimate of drug-likeness (QED) is 0.348. The largest absolute Gasteiger partial charge is 0.497 e. The van der Waals surface area contributed by atoms with Crippen molar-refractivity contribution in [2.45, 2.75) is 19.5 Å². The van der Waals surface area contributed by atoms with Crippen molar-refractivity contribution >= 4 is 13.3 Å². The van der Waals surface area contributed by atoms with Crippen LogP contribution >= 0.6 is 7.60 Å². The first-order valence-corrected chi connectivity index (χ1v) is 9.84. The predicted molar refractivity (Wildman–Crippen MR) is 98.8 cm³/mol. The number of methoxy groups -OCH3 is 1. The Hall–Kier alpha value is -2.21. The van der Waals surface area contributed by atoms with E-state index in [-0.39, 0.29) is 24.5 Å². The van der Waals surface area contributed by atoms with Gasteiger partial charge in [-0.25, -0.2) is 0 Å². The van der Waals surface area contributed by atoms with Crippen molar-refractivity contribution in [3.63, 3.8) is 0 Å². The third kappa shape index (κ3) is 4.30. The molecular formula is C18H22NO6P. The van der Waals surface area contributed by atoms with E-state index in [0.717, 1.165) is 0 Å². The fourth-order valence-corrected chi connectivity index (χ4v) is 4.94. The van der Waals surface area contributed by atoms with Crippen LogP contribution in [0.25, 0.3) is 0 Å². The van der Waals surface area contributed by atoms with Gasteiger partial charge in [0.05, 0.1) is 30.8 Å². The van der Waals surface area contributed by atoms with Crippen molar-refractivity contribution in [2.75, 3.05) is 20.3 Å².